The SMILES string of the molecule is CC(C)c1cc2c(-c3ccc4cccc(-c5c6ccccc6c(-c6cccc(-c7ccc8oc9ccccc9c8c7)c6)c6ccccc56)c4c3)cccc2o1. The zero-order chi connectivity index (χ0) is 36.6. The molecule has 2 heteroatoms. The highest BCUT2D eigenvalue weighted by atomic mass is 16.3. The smallest absolute Gasteiger partial charge is 0.135 e. The van der Waals surface area contributed by atoms with Gasteiger partial charge in [0, 0.05) is 22.1 Å². The maximum Gasteiger partial charge on any atom is 0.135 e. The second-order valence-corrected chi connectivity index (χ2v) is 15.0. The molecular weight excluding hydrogens is 669 g/mol. The Labute approximate surface area is 318 Å². The van der Waals surface area contributed by atoms with Crippen LogP contribution in [-0.4, -0.2) is 0 Å². The molecule has 260 valence electrons. The zero-order valence-electron chi connectivity index (χ0n) is 30.6. The second-order valence-electron chi connectivity index (χ2n) is 15.0. The molecule has 0 saturated carbocycles. The van der Waals surface area contributed by atoms with Crippen LogP contribution in [0.15, 0.2) is 185 Å². The quantitative estimate of drug-likeness (QED) is 0.167. The average molecular weight is 705 g/mol. The van der Waals surface area contributed by atoms with E-state index in [9.17, 15) is 0 Å². The molecule has 0 aliphatic carbocycles. The van der Waals surface area contributed by atoms with Crippen LogP contribution in [0.25, 0.3) is 110 Å². The van der Waals surface area contributed by atoms with Crippen molar-refractivity contribution in [3.8, 4) is 44.5 Å². The van der Waals surface area contributed by atoms with Crippen molar-refractivity contribution in [3.63, 3.8) is 0 Å². The molecule has 2 heterocycles. The summed E-state index contributed by atoms with van der Waals surface area (Å²) in [5.41, 5.74) is 12.4. The van der Waals surface area contributed by atoms with Crippen molar-refractivity contribution < 1.29 is 8.83 Å². The third-order valence-corrected chi connectivity index (χ3v) is 11.4. The van der Waals surface area contributed by atoms with Crippen molar-refractivity contribution in [1.82, 2.24) is 0 Å². The number of para-hydroxylation sites is 1. The van der Waals surface area contributed by atoms with E-state index in [1.807, 2.05) is 12.1 Å². The Hall–Kier alpha value is -6.90. The van der Waals surface area contributed by atoms with Crippen LogP contribution in [0.1, 0.15) is 25.5 Å². The normalized spacial score (nSPS) is 12.0. The average Bonchev–Trinajstić information content (AvgIpc) is 3.85. The maximum absolute atomic E-state index is 6.27. The van der Waals surface area contributed by atoms with Gasteiger partial charge in [0.15, 0.2) is 0 Å². The van der Waals surface area contributed by atoms with Crippen LogP contribution in [0.4, 0.5) is 0 Å². The molecule has 0 aliphatic rings. The van der Waals surface area contributed by atoms with Gasteiger partial charge in [0.2, 0.25) is 0 Å². The molecule has 0 aliphatic heterocycles. The lowest BCUT2D eigenvalue weighted by atomic mass is 9.84. The second kappa shape index (κ2) is 12.3. The van der Waals surface area contributed by atoms with E-state index in [-0.39, 0.29) is 0 Å². The Balaban J connectivity index is 1.12. The Bertz CT molecular complexity index is 3240. The molecule has 11 aromatic rings. The van der Waals surface area contributed by atoms with Gasteiger partial charge in [-0.15, -0.1) is 0 Å². The van der Waals surface area contributed by atoms with Crippen LogP contribution >= 0.6 is 0 Å². The van der Waals surface area contributed by atoms with Crippen LogP contribution in [0.5, 0.6) is 0 Å². The molecule has 0 radical (unpaired) electrons. The molecular formula is C53H36O2. The van der Waals surface area contributed by atoms with E-state index >= 15 is 0 Å². The van der Waals surface area contributed by atoms with E-state index in [0.717, 1.165) is 38.7 Å². The van der Waals surface area contributed by atoms with E-state index < -0.39 is 0 Å². The summed E-state index contributed by atoms with van der Waals surface area (Å²) in [5, 5.41) is 10.8. The minimum atomic E-state index is 0.322. The monoisotopic (exact) mass is 704 g/mol. The molecule has 0 unspecified atom stereocenters. The van der Waals surface area contributed by atoms with Crippen LogP contribution in [0.3, 0.4) is 0 Å². The predicted molar refractivity (Wildman–Crippen MR) is 232 cm³/mol. The molecule has 2 aromatic heterocycles. The lowest BCUT2D eigenvalue weighted by Gasteiger charge is -2.19. The number of furan rings is 2. The minimum Gasteiger partial charge on any atom is -0.461 e. The third kappa shape index (κ3) is 5.02. The van der Waals surface area contributed by atoms with E-state index in [1.165, 1.54) is 76.8 Å². The van der Waals surface area contributed by atoms with Crippen LogP contribution in [0, 0.1) is 0 Å². The van der Waals surface area contributed by atoms with E-state index in [0.29, 0.717) is 5.92 Å². The van der Waals surface area contributed by atoms with Gasteiger partial charge in [-0.2, -0.15) is 0 Å². The zero-order valence-corrected chi connectivity index (χ0v) is 30.6. The molecule has 0 N–H and O–H groups in total. The van der Waals surface area contributed by atoms with Gasteiger partial charge in [-0.25, -0.2) is 0 Å². The topological polar surface area (TPSA) is 26.3 Å². The van der Waals surface area contributed by atoms with Gasteiger partial charge in [0.25, 0.3) is 0 Å². The Kier molecular flexibility index (Phi) is 7.09. The van der Waals surface area contributed by atoms with E-state index in [1.54, 1.807) is 0 Å². The van der Waals surface area contributed by atoms with Crippen molar-refractivity contribution in [3.05, 3.63) is 182 Å². The molecule has 9 aromatic carbocycles. The molecule has 55 heavy (non-hydrogen) atoms. The lowest BCUT2D eigenvalue weighted by molar-refractivity contribution is 0.522. The first kappa shape index (κ1) is 31.6. The summed E-state index contributed by atoms with van der Waals surface area (Å²) in [6.45, 7) is 4.36. The van der Waals surface area contributed by atoms with Crippen LogP contribution in [-0.2, 0) is 0 Å². The summed E-state index contributed by atoms with van der Waals surface area (Å²) in [6, 6.07) is 63.9. The van der Waals surface area contributed by atoms with Gasteiger partial charge < -0.3 is 8.83 Å². The van der Waals surface area contributed by atoms with Gasteiger partial charge in [0.1, 0.15) is 22.5 Å². The number of hydrogen-bond acceptors (Lipinski definition) is 2. The first-order valence-electron chi connectivity index (χ1n) is 19.1. The highest BCUT2D eigenvalue weighted by Crippen LogP contribution is 2.46. The van der Waals surface area contributed by atoms with Gasteiger partial charge in [-0.1, -0.05) is 147 Å². The lowest BCUT2D eigenvalue weighted by Crippen LogP contribution is -1.92. The van der Waals surface area contributed by atoms with Gasteiger partial charge in [0.05, 0.1) is 0 Å². The summed E-state index contributed by atoms with van der Waals surface area (Å²) in [4.78, 5) is 0. The predicted octanol–water partition coefficient (Wildman–Crippen LogP) is 15.6. The number of fused-ring (bicyclic) bond motifs is 7. The number of hydrogen-bond donors (Lipinski definition) is 0. The van der Waals surface area contributed by atoms with Crippen molar-refractivity contribution in [2.45, 2.75) is 19.8 Å². The Morgan fingerprint density at radius 1 is 0.327 bits per heavy atom. The molecule has 0 atom stereocenters. The molecule has 0 bridgehead atoms. The maximum atomic E-state index is 6.27. The summed E-state index contributed by atoms with van der Waals surface area (Å²) in [5.74, 6) is 1.34. The fourth-order valence-corrected chi connectivity index (χ4v) is 8.76. The molecule has 0 saturated heterocycles. The van der Waals surface area contributed by atoms with E-state index in [2.05, 4.69) is 178 Å². The van der Waals surface area contributed by atoms with Crippen LogP contribution in [0.2, 0.25) is 0 Å². The van der Waals surface area contributed by atoms with Gasteiger partial charge in [-0.3, -0.25) is 0 Å². The molecule has 0 spiro atoms. The fraction of sp³-hybridized carbons (Fsp3) is 0.0566. The summed E-state index contributed by atoms with van der Waals surface area (Å²) in [6.07, 6.45) is 0. The molecule has 0 amide bonds. The largest absolute Gasteiger partial charge is 0.461 e. The molecule has 11 rings (SSSR count). The first-order chi connectivity index (χ1) is 27.1. The third-order valence-electron chi connectivity index (χ3n) is 11.4. The fourth-order valence-electron chi connectivity index (χ4n) is 8.76. The highest BCUT2D eigenvalue weighted by Gasteiger charge is 2.19. The summed E-state index contributed by atoms with van der Waals surface area (Å²) in [7, 11) is 0. The van der Waals surface area contributed by atoms with Crippen molar-refractivity contribution in [1.29, 1.82) is 0 Å². The summed E-state index contributed by atoms with van der Waals surface area (Å²) < 4.78 is 12.4. The molecule has 0 fully saturated rings. The summed E-state index contributed by atoms with van der Waals surface area (Å²) >= 11 is 0. The van der Waals surface area contributed by atoms with Gasteiger partial charge in [-0.05, 0) is 119 Å². The Morgan fingerprint density at radius 3 is 1.67 bits per heavy atom. The van der Waals surface area contributed by atoms with E-state index in [4.69, 9.17) is 8.83 Å². The number of benzene rings is 9. The standard InChI is InChI=1S/C53H36O2/c1-32(2)51-31-47-38(20-11-23-49(47)55-51)36-25-24-33-12-10-21-44(45(33)30-36)53-42-18-5-3-16-40(42)52(41-17-4-6-19-43(41)53)37-14-9-13-34(28-37)35-26-27-50-46(29-35)39-15-7-8-22-48(39)54-50/h3-32H,1-2H3. The molecule has 2 nitrogen and oxygen atoms in total. The first-order valence-corrected chi connectivity index (χ1v) is 19.1. The van der Waals surface area contributed by atoms with Crippen molar-refractivity contribution in [2.75, 3.05) is 0 Å². The Morgan fingerprint density at radius 2 is 0.891 bits per heavy atom. The van der Waals surface area contributed by atoms with Crippen LogP contribution < -0.4 is 0 Å². The van der Waals surface area contributed by atoms with Crippen molar-refractivity contribution in [2.24, 2.45) is 0 Å². The minimum absolute atomic E-state index is 0.322. The number of rotatable bonds is 5. The highest BCUT2D eigenvalue weighted by molar-refractivity contribution is 6.24. The van der Waals surface area contributed by atoms with Gasteiger partial charge >= 0.3 is 0 Å². The van der Waals surface area contributed by atoms with Crippen molar-refractivity contribution >= 4 is 65.2 Å².